The predicted molar refractivity (Wildman–Crippen MR) is 62.6 cm³/mol. The summed E-state index contributed by atoms with van der Waals surface area (Å²) in [5.41, 5.74) is 0. The third-order valence-electron chi connectivity index (χ3n) is 3.37. The van der Waals surface area contributed by atoms with E-state index in [2.05, 4.69) is 31.1 Å². The SMILES string of the molecule is CCCN(C)C(C)CC1CCCCN1. The van der Waals surface area contributed by atoms with E-state index in [9.17, 15) is 0 Å². The van der Waals surface area contributed by atoms with E-state index in [1.54, 1.807) is 0 Å². The molecule has 1 fully saturated rings. The van der Waals surface area contributed by atoms with Crippen LogP contribution in [0.1, 0.15) is 46.0 Å². The summed E-state index contributed by atoms with van der Waals surface area (Å²) in [6.45, 7) is 7.07. The van der Waals surface area contributed by atoms with Gasteiger partial charge in [-0.25, -0.2) is 0 Å². The summed E-state index contributed by atoms with van der Waals surface area (Å²) in [6.07, 6.45) is 6.75. The van der Waals surface area contributed by atoms with Gasteiger partial charge in [0.15, 0.2) is 0 Å². The molecule has 1 aliphatic rings. The molecule has 1 aliphatic heterocycles. The molecule has 1 saturated heterocycles. The second kappa shape index (κ2) is 6.41. The number of hydrogen-bond donors (Lipinski definition) is 1. The van der Waals surface area contributed by atoms with E-state index in [0.29, 0.717) is 0 Å². The normalized spacial score (nSPS) is 25.3. The van der Waals surface area contributed by atoms with Crippen LogP contribution in [0.25, 0.3) is 0 Å². The van der Waals surface area contributed by atoms with E-state index < -0.39 is 0 Å². The molecular weight excluding hydrogens is 172 g/mol. The minimum absolute atomic E-state index is 0.727. The number of rotatable bonds is 5. The average Bonchev–Trinajstić information content (AvgIpc) is 2.19. The van der Waals surface area contributed by atoms with Gasteiger partial charge < -0.3 is 10.2 Å². The molecule has 1 N–H and O–H groups in total. The van der Waals surface area contributed by atoms with Gasteiger partial charge in [-0.05, 0) is 52.7 Å². The summed E-state index contributed by atoms with van der Waals surface area (Å²) in [5.74, 6) is 0. The molecule has 14 heavy (non-hydrogen) atoms. The van der Waals surface area contributed by atoms with Gasteiger partial charge in [-0.2, -0.15) is 0 Å². The highest BCUT2D eigenvalue weighted by atomic mass is 15.1. The molecule has 0 radical (unpaired) electrons. The first-order valence-corrected chi connectivity index (χ1v) is 6.17. The van der Waals surface area contributed by atoms with Crippen molar-refractivity contribution in [2.75, 3.05) is 20.1 Å². The van der Waals surface area contributed by atoms with Crippen LogP contribution in [0.5, 0.6) is 0 Å². The van der Waals surface area contributed by atoms with E-state index in [-0.39, 0.29) is 0 Å². The quantitative estimate of drug-likeness (QED) is 0.729. The van der Waals surface area contributed by atoms with E-state index in [4.69, 9.17) is 0 Å². The van der Waals surface area contributed by atoms with Crippen LogP contribution in [-0.2, 0) is 0 Å². The Labute approximate surface area is 89.1 Å². The maximum atomic E-state index is 3.62. The van der Waals surface area contributed by atoms with E-state index in [1.807, 2.05) is 0 Å². The minimum atomic E-state index is 0.727. The number of piperidine rings is 1. The Morgan fingerprint density at radius 2 is 2.21 bits per heavy atom. The monoisotopic (exact) mass is 198 g/mol. The van der Waals surface area contributed by atoms with E-state index in [0.717, 1.165) is 12.1 Å². The van der Waals surface area contributed by atoms with Crippen LogP contribution in [0.2, 0.25) is 0 Å². The van der Waals surface area contributed by atoms with Gasteiger partial charge >= 0.3 is 0 Å². The van der Waals surface area contributed by atoms with Crippen LogP contribution < -0.4 is 5.32 Å². The average molecular weight is 198 g/mol. The van der Waals surface area contributed by atoms with Gasteiger partial charge in [0.1, 0.15) is 0 Å². The standard InChI is InChI=1S/C12H26N2/c1-4-9-14(3)11(2)10-12-7-5-6-8-13-12/h11-13H,4-10H2,1-3H3. The van der Waals surface area contributed by atoms with Crippen LogP contribution in [0.4, 0.5) is 0 Å². The van der Waals surface area contributed by atoms with Crippen molar-refractivity contribution in [1.29, 1.82) is 0 Å². The molecule has 2 heteroatoms. The summed E-state index contributed by atoms with van der Waals surface area (Å²) in [5, 5.41) is 3.62. The Bertz CT molecular complexity index is 141. The zero-order valence-electron chi connectivity index (χ0n) is 10.1. The van der Waals surface area contributed by atoms with Crippen molar-refractivity contribution in [3.8, 4) is 0 Å². The van der Waals surface area contributed by atoms with Crippen molar-refractivity contribution < 1.29 is 0 Å². The largest absolute Gasteiger partial charge is 0.314 e. The van der Waals surface area contributed by atoms with Gasteiger partial charge in [-0.1, -0.05) is 13.3 Å². The Morgan fingerprint density at radius 1 is 1.43 bits per heavy atom. The Kier molecular flexibility index (Phi) is 5.49. The first kappa shape index (κ1) is 12.0. The lowest BCUT2D eigenvalue weighted by atomic mass is 9.98. The highest BCUT2D eigenvalue weighted by molar-refractivity contribution is 4.77. The molecule has 1 rings (SSSR count). The second-order valence-electron chi connectivity index (χ2n) is 4.71. The third-order valence-corrected chi connectivity index (χ3v) is 3.37. The molecule has 2 unspecified atom stereocenters. The van der Waals surface area contributed by atoms with Gasteiger partial charge in [0.05, 0.1) is 0 Å². The summed E-state index contributed by atoms with van der Waals surface area (Å²) >= 11 is 0. The van der Waals surface area contributed by atoms with E-state index >= 15 is 0 Å². The highest BCUT2D eigenvalue weighted by Gasteiger charge is 2.17. The molecule has 84 valence electrons. The fourth-order valence-corrected chi connectivity index (χ4v) is 2.29. The van der Waals surface area contributed by atoms with Gasteiger partial charge in [-0.15, -0.1) is 0 Å². The van der Waals surface area contributed by atoms with Gasteiger partial charge in [0.2, 0.25) is 0 Å². The lowest BCUT2D eigenvalue weighted by molar-refractivity contribution is 0.216. The molecule has 0 aromatic rings. The number of nitrogens with one attached hydrogen (secondary N) is 1. The molecule has 1 heterocycles. The molecule has 0 amide bonds. The number of nitrogens with zero attached hydrogens (tertiary/aromatic N) is 1. The lowest BCUT2D eigenvalue weighted by Crippen LogP contribution is -2.40. The molecule has 0 aromatic carbocycles. The van der Waals surface area contributed by atoms with Crippen molar-refractivity contribution in [2.45, 2.75) is 58.0 Å². The van der Waals surface area contributed by atoms with Gasteiger partial charge in [-0.3, -0.25) is 0 Å². The maximum Gasteiger partial charge on any atom is 0.00818 e. The van der Waals surface area contributed by atoms with Crippen molar-refractivity contribution in [3.63, 3.8) is 0 Å². The van der Waals surface area contributed by atoms with Crippen LogP contribution >= 0.6 is 0 Å². The van der Waals surface area contributed by atoms with Crippen molar-refractivity contribution in [3.05, 3.63) is 0 Å². The highest BCUT2D eigenvalue weighted by Crippen LogP contribution is 2.14. The molecule has 2 atom stereocenters. The zero-order valence-corrected chi connectivity index (χ0v) is 10.1. The smallest absolute Gasteiger partial charge is 0.00818 e. The van der Waals surface area contributed by atoms with Gasteiger partial charge in [0.25, 0.3) is 0 Å². The third kappa shape index (κ3) is 3.97. The molecule has 0 aliphatic carbocycles. The fourth-order valence-electron chi connectivity index (χ4n) is 2.29. The minimum Gasteiger partial charge on any atom is -0.314 e. The first-order chi connectivity index (χ1) is 6.74. The lowest BCUT2D eigenvalue weighted by Gasteiger charge is -2.30. The maximum absolute atomic E-state index is 3.62. The van der Waals surface area contributed by atoms with Crippen molar-refractivity contribution >= 4 is 0 Å². The summed E-state index contributed by atoms with van der Waals surface area (Å²) in [4.78, 5) is 2.48. The van der Waals surface area contributed by atoms with Gasteiger partial charge in [0, 0.05) is 12.1 Å². The van der Waals surface area contributed by atoms with Crippen LogP contribution in [0, 0.1) is 0 Å². The zero-order chi connectivity index (χ0) is 10.4. The predicted octanol–water partition coefficient (Wildman–Crippen LogP) is 2.25. The molecule has 0 spiro atoms. The Hall–Kier alpha value is -0.0800. The molecule has 0 aromatic heterocycles. The topological polar surface area (TPSA) is 15.3 Å². The molecule has 2 nitrogen and oxygen atoms in total. The summed E-state index contributed by atoms with van der Waals surface area (Å²) < 4.78 is 0. The molecule has 0 bridgehead atoms. The first-order valence-electron chi connectivity index (χ1n) is 6.17. The van der Waals surface area contributed by atoms with Crippen LogP contribution in [0.3, 0.4) is 0 Å². The summed E-state index contributed by atoms with van der Waals surface area (Å²) in [7, 11) is 2.25. The fraction of sp³-hybridized carbons (Fsp3) is 1.00. The summed E-state index contributed by atoms with van der Waals surface area (Å²) in [6, 6.07) is 1.50. The number of hydrogen-bond acceptors (Lipinski definition) is 2. The molecular formula is C12H26N2. The Balaban J connectivity index is 2.20. The van der Waals surface area contributed by atoms with Crippen molar-refractivity contribution in [2.24, 2.45) is 0 Å². The molecule has 0 saturated carbocycles. The van der Waals surface area contributed by atoms with Crippen LogP contribution in [0.15, 0.2) is 0 Å². The second-order valence-corrected chi connectivity index (χ2v) is 4.71. The van der Waals surface area contributed by atoms with E-state index in [1.165, 1.54) is 45.2 Å². The van der Waals surface area contributed by atoms with Crippen LogP contribution in [-0.4, -0.2) is 37.1 Å². The Morgan fingerprint density at radius 3 is 2.79 bits per heavy atom. The van der Waals surface area contributed by atoms with Crippen molar-refractivity contribution in [1.82, 2.24) is 10.2 Å².